The summed E-state index contributed by atoms with van der Waals surface area (Å²) in [7, 11) is 0. The van der Waals surface area contributed by atoms with E-state index in [0.29, 0.717) is 16.9 Å². The van der Waals surface area contributed by atoms with Crippen LogP contribution in [0.15, 0.2) is 17.3 Å². The van der Waals surface area contributed by atoms with Crippen molar-refractivity contribution < 1.29 is 9.53 Å². The maximum absolute atomic E-state index is 12.2. The predicted molar refractivity (Wildman–Crippen MR) is 92.3 cm³/mol. The molecule has 1 aliphatic rings. The van der Waals surface area contributed by atoms with Gasteiger partial charge in [0.2, 0.25) is 5.16 Å². The number of hydrogen-bond donors (Lipinski definition) is 0. The fourth-order valence-corrected chi connectivity index (χ4v) is 3.73. The highest BCUT2D eigenvalue weighted by atomic mass is 32.2. The summed E-state index contributed by atoms with van der Waals surface area (Å²) in [5.74, 6) is 0.577. The highest BCUT2D eigenvalue weighted by Crippen LogP contribution is 2.31. The molecule has 0 radical (unpaired) electrons. The van der Waals surface area contributed by atoms with Gasteiger partial charge in [0.05, 0.1) is 11.8 Å². The van der Waals surface area contributed by atoms with Crippen molar-refractivity contribution in [1.82, 2.24) is 20.2 Å². The Kier molecular flexibility index (Phi) is 5.18. The van der Waals surface area contributed by atoms with Crippen LogP contribution in [0.2, 0.25) is 0 Å². The van der Waals surface area contributed by atoms with Crippen molar-refractivity contribution in [2.75, 3.05) is 5.75 Å². The van der Waals surface area contributed by atoms with Gasteiger partial charge in [-0.05, 0) is 60.7 Å². The van der Waals surface area contributed by atoms with Crippen molar-refractivity contribution in [1.29, 1.82) is 0 Å². The number of aromatic nitrogens is 4. The molecule has 2 aromatic rings. The van der Waals surface area contributed by atoms with E-state index in [2.05, 4.69) is 15.5 Å². The first kappa shape index (κ1) is 17.0. The second kappa shape index (κ2) is 7.34. The number of carbonyl (C=O) groups is 1. The van der Waals surface area contributed by atoms with Crippen molar-refractivity contribution in [3.05, 3.63) is 28.8 Å². The summed E-state index contributed by atoms with van der Waals surface area (Å²) in [6.07, 6.45) is 4.63. The van der Waals surface area contributed by atoms with Crippen molar-refractivity contribution in [2.24, 2.45) is 0 Å². The van der Waals surface area contributed by atoms with Crippen LogP contribution < -0.4 is 4.74 Å². The van der Waals surface area contributed by atoms with E-state index in [9.17, 15) is 4.79 Å². The molecule has 1 aliphatic carbocycles. The third kappa shape index (κ3) is 3.61. The molecule has 6 nitrogen and oxygen atoms in total. The van der Waals surface area contributed by atoms with Crippen LogP contribution >= 0.6 is 11.8 Å². The van der Waals surface area contributed by atoms with Crippen LogP contribution in [0.1, 0.15) is 48.4 Å². The number of tetrazole rings is 1. The van der Waals surface area contributed by atoms with Crippen LogP contribution in [0.4, 0.5) is 0 Å². The Labute approximate surface area is 146 Å². The largest absolute Gasteiger partial charge is 0.425 e. The van der Waals surface area contributed by atoms with E-state index in [-0.39, 0.29) is 11.7 Å². The molecule has 3 rings (SSSR count). The van der Waals surface area contributed by atoms with Gasteiger partial charge in [0.25, 0.3) is 0 Å². The molecule has 0 N–H and O–H groups in total. The minimum Gasteiger partial charge on any atom is -0.425 e. The first-order chi connectivity index (χ1) is 11.6. The molecular formula is C17H22N4O2S. The lowest BCUT2D eigenvalue weighted by atomic mass is 10.1. The Morgan fingerprint density at radius 1 is 1.25 bits per heavy atom. The molecule has 1 fully saturated rings. The summed E-state index contributed by atoms with van der Waals surface area (Å²) in [4.78, 5) is 12.2. The smallest absolute Gasteiger partial charge is 0.321 e. The topological polar surface area (TPSA) is 69.9 Å². The zero-order chi connectivity index (χ0) is 17.1. The Hall–Kier alpha value is -1.89. The van der Waals surface area contributed by atoms with Gasteiger partial charge in [0, 0.05) is 0 Å². The summed E-state index contributed by atoms with van der Waals surface area (Å²) in [5.41, 5.74) is 3.08. The van der Waals surface area contributed by atoms with Crippen LogP contribution in [-0.2, 0) is 4.79 Å². The van der Waals surface area contributed by atoms with Gasteiger partial charge < -0.3 is 4.74 Å². The number of esters is 1. The Morgan fingerprint density at radius 2 is 1.96 bits per heavy atom. The number of thioether (sulfide) groups is 1. The van der Waals surface area contributed by atoms with Gasteiger partial charge in [-0.25, -0.2) is 4.68 Å². The minimum atomic E-state index is -0.280. The zero-order valence-corrected chi connectivity index (χ0v) is 15.1. The van der Waals surface area contributed by atoms with Crippen LogP contribution in [0, 0.1) is 20.8 Å². The van der Waals surface area contributed by atoms with E-state index >= 15 is 0 Å². The van der Waals surface area contributed by atoms with Crippen LogP contribution in [0.3, 0.4) is 0 Å². The molecule has 0 spiro atoms. The van der Waals surface area contributed by atoms with Gasteiger partial charge in [-0.3, -0.25) is 4.79 Å². The van der Waals surface area contributed by atoms with Gasteiger partial charge in [-0.15, -0.1) is 5.10 Å². The molecule has 1 aromatic heterocycles. The number of nitrogens with zero attached hydrogens (tertiary/aromatic N) is 4. The average molecular weight is 346 g/mol. The first-order valence-corrected chi connectivity index (χ1v) is 9.23. The third-order valence-corrected chi connectivity index (χ3v) is 5.45. The maximum atomic E-state index is 12.2. The van der Waals surface area contributed by atoms with Crippen molar-refractivity contribution in [3.8, 4) is 5.75 Å². The molecule has 0 atom stereocenters. The van der Waals surface area contributed by atoms with E-state index in [1.54, 1.807) is 0 Å². The molecule has 7 heteroatoms. The minimum absolute atomic E-state index is 0.194. The summed E-state index contributed by atoms with van der Waals surface area (Å²) >= 11 is 1.34. The first-order valence-electron chi connectivity index (χ1n) is 8.24. The molecule has 0 amide bonds. The third-order valence-electron chi connectivity index (χ3n) is 4.54. The highest BCUT2D eigenvalue weighted by Gasteiger charge is 2.22. The number of carbonyl (C=O) groups excluding carboxylic acids is 1. The fraction of sp³-hybridized carbons (Fsp3) is 0.529. The average Bonchev–Trinajstić information content (AvgIpc) is 3.23. The lowest BCUT2D eigenvalue weighted by Gasteiger charge is -2.13. The van der Waals surface area contributed by atoms with Gasteiger partial charge >= 0.3 is 5.97 Å². The molecule has 1 saturated carbocycles. The second-order valence-corrected chi connectivity index (χ2v) is 7.20. The SMILES string of the molecule is Cc1ccc(C)c(OC(=O)CSc2nnnn2C2CCCC2)c1C. The molecule has 1 heterocycles. The van der Waals surface area contributed by atoms with Crippen molar-refractivity contribution in [3.63, 3.8) is 0 Å². The van der Waals surface area contributed by atoms with Gasteiger partial charge in [-0.1, -0.05) is 36.7 Å². The number of hydrogen-bond acceptors (Lipinski definition) is 6. The molecule has 128 valence electrons. The number of ether oxygens (including phenoxy) is 1. The molecule has 0 unspecified atom stereocenters. The van der Waals surface area contributed by atoms with Crippen molar-refractivity contribution >= 4 is 17.7 Å². The molecular weight excluding hydrogens is 324 g/mol. The van der Waals surface area contributed by atoms with E-state index in [4.69, 9.17) is 4.74 Å². The molecule has 0 bridgehead atoms. The summed E-state index contributed by atoms with van der Waals surface area (Å²) < 4.78 is 7.44. The van der Waals surface area contributed by atoms with Gasteiger partial charge in [0.1, 0.15) is 5.75 Å². The quantitative estimate of drug-likeness (QED) is 0.469. The molecule has 0 saturated heterocycles. The fourth-order valence-electron chi connectivity index (χ4n) is 3.01. The lowest BCUT2D eigenvalue weighted by molar-refractivity contribution is -0.131. The van der Waals surface area contributed by atoms with Gasteiger partial charge in [0.15, 0.2) is 0 Å². The monoisotopic (exact) mass is 346 g/mol. The zero-order valence-electron chi connectivity index (χ0n) is 14.3. The number of aryl methyl sites for hydroxylation is 2. The number of rotatable bonds is 5. The Bertz CT molecular complexity index is 738. The predicted octanol–water partition coefficient (Wildman–Crippen LogP) is 3.41. The summed E-state index contributed by atoms with van der Waals surface area (Å²) in [5, 5.41) is 12.6. The Balaban J connectivity index is 1.63. The number of benzene rings is 1. The maximum Gasteiger partial charge on any atom is 0.321 e. The molecule has 1 aromatic carbocycles. The van der Waals surface area contributed by atoms with E-state index in [1.165, 1.54) is 24.6 Å². The standard InChI is InChI=1S/C17H22N4O2S/c1-11-8-9-12(2)16(13(11)3)23-15(22)10-24-17-18-19-20-21(17)14-6-4-5-7-14/h8-9,14H,4-7,10H2,1-3H3. The second-order valence-electron chi connectivity index (χ2n) is 6.26. The van der Waals surface area contributed by atoms with Crippen molar-refractivity contribution in [2.45, 2.75) is 57.7 Å². The van der Waals surface area contributed by atoms with Gasteiger partial charge in [-0.2, -0.15) is 0 Å². The van der Waals surface area contributed by atoms with E-state index in [0.717, 1.165) is 29.5 Å². The lowest BCUT2D eigenvalue weighted by Crippen LogP contribution is -2.14. The summed E-state index contributed by atoms with van der Waals surface area (Å²) in [6, 6.07) is 4.37. The molecule has 24 heavy (non-hydrogen) atoms. The van der Waals surface area contributed by atoms with Crippen LogP contribution in [0.5, 0.6) is 5.75 Å². The Morgan fingerprint density at radius 3 is 2.71 bits per heavy atom. The van der Waals surface area contributed by atoms with Crippen LogP contribution in [-0.4, -0.2) is 31.9 Å². The molecule has 0 aliphatic heterocycles. The van der Waals surface area contributed by atoms with Crippen LogP contribution in [0.25, 0.3) is 0 Å². The van der Waals surface area contributed by atoms with E-state index in [1.807, 2.05) is 37.6 Å². The highest BCUT2D eigenvalue weighted by molar-refractivity contribution is 7.99. The van der Waals surface area contributed by atoms with E-state index < -0.39 is 0 Å². The normalized spacial score (nSPS) is 15.0. The summed E-state index contributed by atoms with van der Waals surface area (Å²) in [6.45, 7) is 5.93.